The van der Waals surface area contributed by atoms with Crippen LogP contribution in [-0.4, -0.2) is 29.0 Å². The summed E-state index contributed by atoms with van der Waals surface area (Å²) in [6.07, 6.45) is 2.52. The minimum absolute atomic E-state index is 0.0901. The summed E-state index contributed by atoms with van der Waals surface area (Å²) in [4.78, 5) is 13.8. The highest BCUT2D eigenvalue weighted by Gasteiger charge is 2.17. The SMILES string of the molecule is C=CCN(CCC)C(=O)c1ccc(Cl)cc1O. The number of nitrogens with zero attached hydrogens (tertiary/aromatic N) is 1. The molecule has 0 heterocycles. The van der Waals surface area contributed by atoms with E-state index in [1.807, 2.05) is 6.92 Å². The molecule has 0 unspecified atom stereocenters. The van der Waals surface area contributed by atoms with Gasteiger partial charge in [0.2, 0.25) is 0 Å². The van der Waals surface area contributed by atoms with E-state index < -0.39 is 0 Å². The van der Waals surface area contributed by atoms with E-state index in [0.717, 1.165) is 6.42 Å². The first-order valence-electron chi connectivity index (χ1n) is 5.48. The minimum Gasteiger partial charge on any atom is -0.507 e. The number of hydrogen-bond donors (Lipinski definition) is 1. The van der Waals surface area contributed by atoms with E-state index in [-0.39, 0.29) is 17.2 Å². The van der Waals surface area contributed by atoms with Gasteiger partial charge in [-0.05, 0) is 24.6 Å². The molecule has 1 rings (SSSR count). The van der Waals surface area contributed by atoms with Crippen LogP contribution in [0.1, 0.15) is 23.7 Å². The highest BCUT2D eigenvalue weighted by molar-refractivity contribution is 6.30. The van der Waals surface area contributed by atoms with Crippen molar-refractivity contribution >= 4 is 17.5 Å². The van der Waals surface area contributed by atoms with Crippen LogP contribution in [0.2, 0.25) is 5.02 Å². The number of phenols is 1. The van der Waals surface area contributed by atoms with Crippen molar-refractivity contribution < 1.29 is 9.90 Å². The van der Waals surface area contributed by atoms with Crippen molar-refractivity contribution in [3.63, 3.8) is 0 Å². The fraction of sp³-hybridized carbons (Fsp3) is 0.308. The largest absolute Gasteiger partial charge is 0.507 e. The van der Waals surface area contributed by atoms with Crippen LogP contribution in [0, 0.1) is 0 Å². The van der Waals surface area contributed by atoms with Gasteiger partial charge >= 0.3 is 0 Å². The average molecular weight is 254 g/mol. The second-order valence-corrected chi connectivity index (χ2v) is 4.14. The molecule has 0 fully saturated rings. The molecule has 1 N–H and O–H groups in total. The highest BCUT2D eigenvalue weighted by Crippen LogP contribution is 2.23. The molecular weight excluding hydrogens is 238 g/mol. The minimum atomic E-state index is -0.207. The predicted molar refractivity (Wildman–Crippen MR) is 69.5 cm³/mol. The molecule has 0 aliphatic rings. The van der Waals surface area contributed by atoms with Crippen LogP contribution in [0.5, 0.6) is 5.75 Å². The molecule has 1 aromatic carbocycles. The molecule has 0 spiro atoms. The second kappa shape index (κ2) is 6.30. The Kier molecular flexibility index (Phi) is 5.04. The molecule has 0 aliphatic heterocycles. The van der Waals surface area contributed by atoms with Gasteiger partial charge in [0.25, 0.3) is 5.91 Å². The zero-order valence-corrected chi connectivity index (χ0v) is 10.6. The Balaban J connectivity index is 2.96. The van der Waals surface area contributed by atoms with Gasteiger partial charge in [-0.1, -0.05) is 24.6 Å². The fourth-order valence-electron chi connectivity index (χ4n) is 1.56. The van der Waals surface area contributed by atoms with E-state index in [1.165, 1.54) is 12.1 Å². The van der Waals surface area contributed by atoms with E-state index >= 15 is 0 Å². The zero-order chi connectivity index (χ0) is 12.8. The molecule has 0 saturated carbocycles. The molecule has 0 radical (unpaired) electrons. The second-order valence-electron chi connectivity index (χ2n) is 3.70. The van der Waals surface area contributed by atoms with Crippen LogP contribution in [0.4, 0.5) is 0 Å². The summed E-state index contributed by atoms with van der Waals surface area (Å²) in [5.41, 5.74) is 0.268. The monoisotopic (exact) mass is 253 g/mol. The number of aromatic hydroxyl groups is 1. The Hall–Kier alpha value is -1.48. The van der Waals surface area contributed by atoms with Crippen LogP contribution in [0.25, 0.3) is 0 Å². The molecular formula is C13H16ClNO2. The van der Waals surface area contributed by atoms with Crippen LogP contribution < -0.4 is 0 Å². The molecule has 3 nitrogen and oxygen atoms in total. The lowest BCUT2D eigenvalue weighted by molar-refractivity contribution is 0.0771. The molecule has 92 valence electrons. The van der Waals surface area contributed by atoms with E-state index in [0.29, 0.717) is 18.1 Å². The van der Waals surface area contributed by atoms with E-state index in [1.54, 1.807) is 17.0 Å². The normalized spacial score (nSPS) is 10.0. The summed E-state index contributed by atoms with van der Waals surface area (Å²) in [6.45, 7) is 6.71. The molecule has 4 heteroatoms. The van der Waals surface area contributed by atoms with Gasteiger partial charge in [-0.2, -0.15) is 0 Å². The summed E-state index contributed by atoms with van der Waals surface area (Å²) >= 11 is 5.72. The van der Waals surface area contributed by atoms with Crippen molar-refractivity contribution in [3.8, 4) is 5.75 Å². The molecule has 0 aromatic heterocycles. The molecule has 0 aliphatic carbocycles. The van der Waals surface area contributed by atoms with Gasteiger partial charge in [0.15, 0.2) is 0 Å². The molecule has 1 amide bonds. The maximum Gasteiger partial charge on any atom is 0.257 e. The smallest absolute Gasteiger partial charge is 0.257 e. The molecule has 0 bridgehead atoms. The van der Waals surface area contributed by atoms with Gasteiger partial charge in [0, 0.05) is 18.1 Å². The first-order chi connectivity index (χ1) is 8.10. The topological polar surface area (TPSA) is 40.5 Å². The number of carbonyl (C=O) groups is 1. The van der Waals surface area contributed by atoms with Crippen molar-refractivity contribution in [1.29, 1.82) is 0 Å². The number of phenolic OH excluding ortho intramolecular Hbond substituents is 1. The Labute approximate surface area is 106 Å². The number of hydrogen-bond acceptors (Lipinski definition) is 2. The number of benzene rings is 1. The third-order valence-corrected chi connectivity index (χ3v) is 2.56. The highest BCUT2D eigenvalue weighted by atomic mass is 35.5. The lowest BCUT2D eigenvalue weighted by Gasteiger charge is -2.20. The fourth-order valence-corrected chi connectivity index (χ4v) is 1.72. The van der Waals surface area contributed by atoms with Gasteiger partial charge in [-0.3, -0.25) is 4.79 Å². The van der Waals surface area contributed by atoms with E-state index in [2.05, 4.69) is 6.58 Å². The summed E-state index contributed by atoms with van der Waals surface area (Å²) in [5, 5.41) is 10.1. The summed E-state index contributed by atoms with van der Waals surface area (Å²) < 4.78 is 0. The number of amides is 1. The molecule has 17 heavy (non-hydrogen) atoms. The Morgan fingerprint density at radius 1 is 1.59 bits per heavy atom. The van der Waals surface area contributed by atoms with Crippen LogP contribution in [-0.2, 0) is 0 Å². The van der Waals surface area contributed by atoms with E-state index in [9.17, 15) is 9.90 Å². The summed E-state index contributed by atoms with van der Waals surface area (Å²) in [6, 6.07) is 4.49. The molecule has 0 saturated heterocycles. The average Bonchev–Trinajstić information content (AvgIpc) is 2.28. The predicted octanol–water partition coefficient (Wildman–Crippen LogP) is 3.08. The molecule has 0 atom stereocenters. The maximum atomic E-state index is 12.1. The van der Waals surface area contributed by atoms with Crippen molar-refractivity contribution in [3.05, 3.63) is 41.4 Å². The van der Waals surface area contributed by atoms with E-state index in [4.69, 9.17) is 11.6 Å². The Bertz CT molecular complexity index is 418. The number of halogens is 1. The van der Waals surface area contributed by atoms with Crippen LogP contribution in [0.15, 0.2) is 30.9 Å². The van der Waals surface area contributed by atoms with Crippen molar-refractivity contribution in [2.45, 2.75) is 13.3 Å². The lowest BCUT2D eigenvalue weighted by Crippen LogP contribution is -2.31. The third kappa shape index (κ3) is 3.49. The van der Waals surface area contributed by atoms with Gasteiger partial charge < -0.3 is 10.0 Å². The number of rotatable bonds is 5. The Morgan fingerprint density at radius 2 is 2.29 bits per heavy atom. The standard InChI is InChI=1S/C13H16ClNO2/c1-3-7-15(8-4-2)13(17)11-6-5-10(14)9-12(11)16/h3,5-6,9,16H,1,4,7-8H2,2H3. The van der Waals surface area contributed by atoms with Crippen molar-refractivity contribution in [2.24, 2.45) is 0 Å². The first kappa shape index (κ1) is 13.6. The van der Waals surface area contributed by atoms with Crippen LogP contribution in [0.3, 0.4) is 0 Å². The van der Waals surface area contributed by atoms with Gasteiger partial charge in [0.1, 0.15) is 5.75 Å². The van der Waals surface area contributed by atoms with Crippen LogP contribution >= 0.6 is 11.6 Å². The van der Waals surface area contributed by atoms with Crippen molar-refractivity contribution in [1.82, 2.24) is 4.90 Å². The lowest BCUT2D eigenvalue weighted by atomic mass is 10.1. The first-order valence-corrected chi connectivity index (χ1v) is 5.86. The Morgan fingerprint density at radius 3 is 2.82 bits per heavy atom. The quantitative estimate of drug-likeness (QED) is 0.820. The zero-order valence-electron chi connectivity index (χ0n) is 9.82. The summed E-state index contributed by atoms with van der Waals surface area (Å²) in [5.74, 6) is -0.298. The van der Waals surface area contributed by atoms with Gasteiger partial charge in [-0.15, -0.1) is 6.58 Å². The molecule has 1 aromatic rings. The van der Waals surface area contributed by atoms with Gasteiger partial charge in [-0.25, -0.2) is 0 Å². The third-order valence-electron chi connectivity index (χ3n) is 2.32. The summed E-state index contributed by atoms with van der Waals surface area (Å²) in [7, 11) is 0. The van der Waals surface area contributed by atoms with Crippen molar-refractivity contribution in [2.75, 3.05) is 13.1 Å². The van der Waals surface area contributed by atoms with Gasteiger partial charge in [0.05, 0.1) is 5.56 Å². The number of carbonyl (C=O) groups excluding carboxylic acids is 1. The maximum absolute atomic E-state index is 12.1.